The lowest BCUT2D eigenvalue weighted by molar-refractivity contribution is 0.913. The van der Waals surface area contributed by atoms with Gasteiger partial charge in [-0.25, -0.2) is 0 Å². The van der Waals surface area contributed by atoms with E-state index in [0.29, 0.717) is 0 Å². The van der Waals surface area contributed by atoms with E-state index in [1.54, 1.807) is 0 Å². The smallest absolute Gasteiger partial charge is 0.0181 e. The molecule has 0 heteroatoms. The van der Waals surface area contributed by atoms with Gasteiger partial charge < -0.3 is 0 Å². The zero-order valence-corrected chi connectivity index (χ0v) is 12.0. The van der Waals surface area contributed by atoms with Crippen LogP contribution in [0.25, 0.3) is 11.1 Å². The molecule has 0 bridgehead atoms. The Balaban J connectivity index is 0.000000771. The fourth-order valence-corrected chi connectivity index (χ4v) is 2.06. The fourth-order valence-electron chi connectivity index (χ4n) is 2.06. The third-order valence-electron chi connectivity index (χ3n) is 2.97. The van der Waals surface area contributed by atoms with Gasteiger partial charge in [0.2, 0.25) is 0 Å². The number of hydrogen-bond acceptors (Lipinski definition) is 0. The van der Waals surface area contributed by atoms with Gasteiger partial charge in [0.1, 0.15) is 0 Å². The molecule has 0 fully saturated rings. The summed E-state index contributed by atoms with van der Waals surface area (Å²) in [5.74, 6) is 0. The molecule has 0 heterocycles. The fraction of sp³-hybridized carbons (Fsp3) is 0.333. The molecule has 0 N–H and O–H groups in total. The van der Waals surface area contributed by atoms with Gasteiger partial charge in [-0.1, -0.05) is 75.7 Å². The summed E-state index contributed by atoms with van der Waals surface area (Å²) in [7, 11) is 0. The topological polar surface area (TPSA) is 0 Å². The maximum absolute atomic E-state index is 2.29. The van der Waals surface area contributed by atoms with Gasteiger partial charge in [0, 0.05) is 0 Å². The van der Waals surface area contributed by atoms with Gasteiger partial charge >= 0.3 is 0 Å². The second kappa shape index (κ2) is 7.71. The highest BCUT2D eigenvalue weighted by atomic mass is 14.1. The van der Waals surface area contributed by atoms with Crippen molar-refractivity contribution in [3.63, 3.8) is 0 Å². The van der Waals surface area contributed by atoms with Crippen molar-refractivity contribution in [2.45, 2.75) is 40.5 Å². The highest BCUT2D eigenvalue weighted by Crippen LogP contribution is 2.22. The minimum absolute atomic E-state index is 1.18. The van der Waals surface area contributed by atoms with Gasteiger partial charge in [0.25, 0.3) is 0 Å². The maximum Gasteiger partial charge on any atom is -0.0181 e. The van der Waals surface area contributed by atoms with Crippen LogP contribution in [0, 0.1) is 6.92 Å². The third-order valence-corrected chi connectivity index (χ3v) is 2.97. The van der Waals surface area contributed by atoms with E-state index >= 15 is 0 Å². The molecule has 2 aromatic rings. The molecule has 0 aliphatic heterocycles. The normalized spacial score (nSPS) is 9.56. The Kier molecular flexibility index (Phi) is 6.21. The van der Waals surface area contributed by atoms with Crippen LogP contribution in [-0.2, 0) is 6.42 Å². The van der Waals surface area contributed by atoms with E-state index in [0.717, 1.165) is 0 Å². The summed E-state index contributed by atoms with van der Waals surface area (Å²) in [5, 5.41) is 0. The summed E-state index contributed by atoms with van der Waals surface area (Å²) in [4.78, 5) is 0. The van der Waals surface area contributed by atoms with Crippen molar-refractivity contribution in [1.29, 1.82) is 0 Å². The average molecular weight is 240 g/mol. The van der Waals surface area contributed by atoms with Gasteiger partial charge in [-0.2, -0.15) is 0 Å². The minimum Gasteiger partial charge on any atom is -0.0683 e. The molecule has 18 heavy (non-hydrogen) atoms. The number of hydrogen-bond donors (Lipinski definition) is 0. The van der Waals surface area contributed by atoms with Crippen LogP contribution >= 0.6 is 0 Å². The summed E-state index contributed by atoms with van der Waals surface area (Å²) in [5.41, 5.74) is 5.50. The van der Waals surface area contributed by atoms with Crippen molar-refractivity contribution >= 4 is 0 Å². The van der Waals surface area contributed by atoms with Crippen LogP contribution in [0.5, 0.6) is 0 Å². The van der Waals surface area contributed by atoms with Crippen molar-refractivity contribution in [2.75, 3.05) is 0 Å². The van der Waals surface area contributed by atoms with E-state index in [1.807, 2.05) is 13.8 Å². The van der Waals surface area contributed by atoms with Gasteiger partial charge in [0.15, 0.2) is 0 Å². The first kappa shape index (κ1) is 14.5. The van der Waals surface area contributed by atoms with Crippen LogP contribution in [0.1, 0.15) is 38.3 Å². The molecule has 0 atom stereocenters. The minimum atomic E-state index is 1.18. The number of benzene rings is 2. The van der Waals surface area contributed by atoms with Crippen LogP contribution in [0.4, 0.5) is 0 Å². The maximum atomic E-state index is 2.29. The van der Waals surface area contributed by atoms with Gasteiger partial charge in [-0.3, -0.25) is 0 Å². The van der Waals surface area contributed by atoms with Crippen molar-refractivity contribution in [3.05, 3.63) is 59.7 Å². The quantitative estimate of drug-likeness (QED) is 0.651. The highest BCUT2D eigenvalue weighted by molar-refractivity contribution is 5.64. The van der Waals surface area contributed by atoms with E-state index in [-0.39, 0.29) is 0 Å². The van der Waals surface area contributed by atoms with E-state index in [1.165, 1.54) is 35.1 Å². The standard InChI is InChI=1S/C16H18.C2H6/c1-3-7-14-10-11-16(12-13(14)2)15-8-5-4-6-9-15;1-2/h4-6,8-12H,3,7H2,1-2H3;1-2H3. The Labute approximate surface area is 112 Å². The lowest BCUT2D eigenvalue weighted by Crippen LogP contribution is -1.89. The number of aryl methyl sites for hydroxylation is 2. The molecular formula is C18H24. The third kappa shape index (κ3) is 3.73. The Morgan fingerprint density at radius 2 is 1.50 bits per heavy atom. The summed E-state index contributed by atoms with van der Waals surface area (Å²) >= 11 is 0. The monoisotopic (exact) mass is 240 g/mol. The summed E-state index contributed by atoms with van der Waals surface area (Å²) < 4.78 is 0. The van der Waals surface area contributed by atoms with Crippen LogP contribution in [-0.4, -0.2) is 0 Å². The predicted molar refractivity (Wildman–Crippen MR) is 82.0 cm³/mol. The van der Waals surface area contributed by atoms with E-state index in [2.05, 4.69) is 62.4 Å². The zero-order chi connectivity index (χ0) is 13.4. The first-order valence-electron chi connectivity index (χ1n) is 6.96. The predicted octanol–water partition coefficient (Wildman–Crippen LogP) is 5.64. The van der Waals surface area contributed by atoms with Crippen molar-refractivity contribution < 1.29 is 0 Å². The first-order chi connectivity index (χ1) is 8.81. The zero-order valence-electron chi connectivity index (χ0n) is 12.0. The Morgan fingerprint density at radius 3 is 2.06 bits per heavy atom. The second-order valence-corrected chi connectivity index (χ2v) is 4.26. The van der Waals surface area contributed by atoms with Crippen molar-refractivity contribution in [3.8, 4) is 11.1 Å². The molecule has 0 unspecified atom stereocenters. The van der Waals surface area contributed by atoms with Gasteiger partial charge in [-0.15, -0.1) is 0 Å². The van der Waals surface area contributed by atoms with Crippen LogP contribution in [0.2, 0.25) is 0 Å². The van der Waals surface area contributed by atoms with Crippen LogP contribution < -0.4 is 0 Å². The Hall–Kier alpha value is -1.56. The molecule has 96 valence electrons. The summed E-state index contributed by atoms with van der Waals surface area (Å²) in [6.45, 7) is 8.43. The Morgan fingerprint density at radius 1 is 0.833 bits per heavy atom. The van der Waals surface area contributed by atoms with Crippen LogP contribution in [0.3, 0.4) is 0 Å². The molecule has 0 nitrogen and oxygen atoms in total. The highest BCUT2D eigenvalue weighted by Gasteiger charge is 2.00. The van der Waals surface area contributed by atoms with Gasteiger partial charge in [-0.05, 0) is 35.6 Å². The van der Waals surface area contributed by atoms with Crippen molar-refractivity contribution in [2.24, 2.45) is 0 Å². The van der Waals surface area contributed by atoms with Crippen LogP contribution in [0.15, 0.2) is 48.5 Å². The molecule has 0 spiro atoms. The first-order valence-corrected chi connectivity index (χ1v) is 6.96. The SMILES string of the molecule is CC.CCCc1ccc(-c2ccccc2)cc1C. The molecule has 0 saturated heterocycles. The summed E-state index contributed by atoms with van der Waals surface area (Å²) in [6, 6.07) is 17.3. The lowest BCUT2D eigenvalue weighted by Gasteiger charge is -2.07. The molecule has 0 aliphatic rings. The Bertz CT molecular complexity index is 455. The van der Waals surface area contributed by atoms with E-state index < -0.39 is 0 Å². The average Bonchev–Trinajstić information content (AvgIpc) is 2.44. The second-order valence-electron chi connectivity index (χ2n) is 4.26. The van der Waals surface area contributed by atoms with E-state index in [9.17, 15) is 0 Å². The van der Waals surface area contributed by atoms with Crippen molar-refractivity contribution in [1.82, 2.24) is 0 Å². The largest absolute Gasteiger partial charge is 0.0683 e. The molecule has 0 aromatic heterocycles. The molecular weight excluding hydrogens is 216 g/mol. The molecule has 2 rings (SSSR count). The molecule has 0 radical (unpaired) electrons. The molecule has 2 aromatic carbocycles. The number of rotatable bonds is 3. The lowest BCUT2D eigenvalue weighted by atomic mass is 9.98. The molecule has 0 amide bonds. The summed E-state index contributed by atoms with van der Waals surface area (Å²) in [6.07, 6.45) is 2.40. The van der Waals surface area contributed by atoms with E-state index in [4.69, 9.17) is 0 Å². The molecule has 0 saturated carbocycles. The molecule has 0 aliphatic carbocycles. The van der Waals surface area contributed by atoms with Gasteiger partial charge in [0.05, 0.1) is 0 Å².